The van der Waals surface area contributed by atoms with Crippen LogP contribution in [-0.2, 0) is 0 Å². The molecule has 0 aromatic heterocycles. The summed E-state index contributed by atoms with van der Waals surface area (Å²) >= 11 is 0. The lowest BCUT2D eigenvalue weighted by molar-refractivity contribution is 0.252. The van der Waals surface area contributed by atoms with Gasteiger partial charge in [-0.3, -0.25) is 0 Å². The second-order valence-electron chi connectivity index (χ2n) is 3.43. The maximum Gasteiger partial charge on any atom is 0.319 e. The maximum absolute atomic E-state index is 13.5. The lowest BCUT2D eigenvalue weighted by Gasteiger charge is -2.09. The van der Waals surface area contributed by atoms with Gasteiger partial charge < -0.3 is 10.6 Å². The minimum atomic E-state index is -0.783. The molecule has 0 heterocycles. The molecule has 16 heavy (non-hydrogen) atoms. The first-order chi connectivity index (χ1) is 7.56. The van der Waals surface area contributed by atoms with Gasteiger partial charge in [0.05, 0.1) is 0 Å². The first-order valence-electron chi connectivity index (χ1n) is 5.05. The van der Waals surface area contributed by atoms with Crippen molar-refractivity contribution in [2.45, 2.75) is 20.3 Å². The highest BCUT2D eigenvalue weighted by Gasteiger charge is 2.13. The van der Waals surface area contributed by atoms with Gasteiger partial charge in [0.15, 0.2) is 5.82 Å². The van der Waals surface area contributed by atoms with Crippen LogP contribution in [0.4, 0.5) is 19.3 Å². The van der Waals surface area contributed by atoms with Crippen molar-refractivity contribution in [3.8, 4) is 0 Å². The fraction of sp³-hybridized carbons (Fsp3) is 0.364. The summed E-state index contributed by atoms with van der Waals surface area (Å²) < 4.78 is 26.7. The molecule has 1 aromatic carbocycles. The number of urea groups is 1. The third-order valence-corrected chi connectivity index (χ3v) is 2.06. The minimum absolute atomic E-state index is 0.284. The molecule has 0 aliphatic carbocycles. The van der Waals surface area contributed by atoms with Crippen LogP contribution in [0.25, 0.3) is 0 Å². The van der Waals surface area contributed by atoms with Crippen LogP contribution in [0.15, 0.2) is 12.1 Å². The van der Waals surface area contributed by atoms with E-state index in [1.54, 1.807) is 0 Å². The average Bonchev–Trinajstić information content (AvgIpc) is 2.27. The zero-order chi connectivity index (χ0) is 12.1. The van der Waals surface area contributed by atoms with Crippen molar-refractivity contribution in [1.29, 1.82) is 0 Å². The van der Waals surface area contributed by atoms with Gasteiger partial charge >= 0.3 is 6.03 Å². The van der Waals surface area contributed by atoms with Crippen molar-refractivity contribution in [3.63, 3.8) is 0 Å². The minimum Gasteiger partial charge on any atom is -0.338 e. The Hall–Kier alpha value is -1.65. The Morgan fingerprint density at radius 2 is 2.06 bits per heavy atom. The van der Waals surface area contributed by atoms with E-state index < -0.39 is 23.4 Å². The topological polar surface area (TPSA) is 41.1 Å². The van der Waals surface area contributed by atoms with Crippen molar-refractivity contribution >= 4 is 11.7 Å². The molecule has 3 nitrogen and oxygen atoms in total. The highest BCUT2D eigenvalue weighted by molar-refractivity contribution is 5.89. The van der Waals surface area contributed by atoms with Crippen LogP contribution in [-0.4, -0.2) is 12.6 Å². The summed E-state index contributed by atoms with van der Waals surface area (Å²) in [7, 11) is 0. The zero-order valence-corrected chi connectivity index (χ0v) is 9.23. The molecule has 0 bridgehead atoms. The van der Waals surface area contributed by atoms with Crippen molar-refractivity contribution in [2.75, 3.05) is 11.9 Å². The van der Waals surface area contributed by atoms with E-state index in [1.807, 2.05) is 6.92 Å². The van der Waals surface area contributed by atoms with Gasteiger partial charge in [0.2, 0.25) is 0 Å². The van der Waals surface area contributed by atoms with Gasteiger partial charge in [-0.15, -0.1) is 0 Å². The predicted molar refractivity (Wildman–Crippen MR) is 58.4 cm³/mol. The van der Waals surface area contributed by atoms with Gasteiger partial charge in [0.25, 0.3) is 0 Å². The summed E-state index contributed by atoms with van der Waals surface area (Å²) in [4.78, 5) is 11.2. The third-order valence-electron chi connectivity index (χ3n) is 2.06. The number of anilines is 1. The van der Waals surface area contributed by atoms with Gasteiger partial charge in [-0.25, -0.2) is 13.6 Å². The molecule has 0 saturated heterocycles. The Morgan fingerprint density at radius 3 is 2.69 bits per heavy atom. The van der Waals surface area contributed by atoms with Gasteiger partial charge in [0.1, 0.15) is 11.5 Å². The number of amides is 2. The number of carbonyl (C=O) groups is 1. The lowest BCUT2D eigenvalue weighted by atomic mass is 10.2. The van der Waals surface area contributed by atoms with E-state index in [9.17, 15) is 13.6 Å². The molecule has 5 heteroatoms. The van der Waals surface area contributed by atoms with Crippen molar-refractivity contribution in [1.82, 2.24) is 5.32 Å². The summed E-state index contributed by atoms with van der Waals surface area (Å²) in [6.45, 7) is 3.85. The number of benzene rings is 1. The second-order valence-corrected chi connectivity index (χ2v) is 3.43. The molecular formula is C11H14F2N2O. The van der Waals surface area contributed by atoms with Crippen LogP contribution in [0.3, 0.4) is 0 Å². The Morgan fingerprint density at radius 1 is 1.38 bits per heavy atom. The van der Waals surface area contributed by atoms with E-state index in [0.29, 0.717) is 6.54 Å². The van der Waals surface area contributed by atoms with Crippen LogP contribution in [0.1, 0.15) is 18.9 Å². The zero-order valence-electron chi connectivity index (χ0n) is 9.23. The molecule has 0 unspecified atom stereocenters. The van der Waals surface area contributed by atoms with Crippen LogP contribution >= 0.6 is 0 Å². The molecule has 0 radical (unpaired) electrons. The summed E-state index contributed by atoms with van der Waals surface area (Å²) in [5.74, 6) is -1.53. The van der Waals surface area contributed by atoms with Crippen LogP contribution in [0.5, 0.6) is 0 Å². The van der Waals surface area contributed by atoms with Crippen molar-refractivity contribution in [2.24, 2.45) is 0 Å². The number of rotatable bonds is 3. The SMILES string of the molecule is CCCNC(=O)Nc1c(F)ccc(C)c1F. The quantitative estimate of drug-likeness (QED) is 0.820. The summed E-state index contributed by atoms with van der Waals surface area (Å²) in [5, 5.41) is 4.63. The molecular weight excluding hydrogens is 214 g/mol. The summed E-state index contributed by atoms with van der Waals surface area (Å²) in [6.07, 6.45) is 0.756. The molecule has 2 N–H and O–H groups in total. The first-order valence-corrected chi connectivity index (χ1v) is 5.05. The van der Waals surface area contributed by atoms with E-state index in [2.05, 4.69) is 10.6 Å². The number of carbonyl (C=O) groups excluding carboxylic acids is 1. The highest BCUT2D eigenvalue weighted by Crippen LogP contribution is 2.21. The van der Waals surface area contributed by atoms with E-state index in [0.717, 1.165) is 12.5 Å². The Bertz CT molecular complexity index is 394. The third kappa shape index (κ3) is 2.92. The maximum atomic E-state index is 13.5. The van der Waals surface area contributed by atoms with Crippen molar-refractivity contribution in [3.05, 3.63) is 29.3 Å². The van der Waals surface area contributed by atoms with E-state index in [1.165, 1.54) is 13.0 Å². The fourth-order valence-corrected chi connectivity index (χ4v) is 1.17. The predicted octanol–water partition coefficient (Wildman–Crippen LogP) is 2.80. The molecule has 0 aliphatic heterocycles. The number of nitrogens with one attached hydrogen (secondary N) is 2. The van der Waals surface area contributed by atoms with E-state index in [-0.39, 0.29) is 5.56 Å². The number of aryl methyl sites for hydroxylation is 1. The monoisotopic (exact) mass is 228 g/mol. The Balaban J connectivity index is 2.80. The van der Waals surface area contributed by atoms with E-state index in [4.69, 9.17) is 0 Å². The smallest absolute Gasteiger partial charge is 0.319 e. The summed E-state index contributed by atoms with van der Waals surface area (Å²) in [5.41, 5.74) is -0.124. The van der Waals surface area contributed by atoms with Crippen LogP contribution < -0.4 is 10.6 Å². The van der Waals surface area contributed by atoms with Crippen LogP contribution in [0, 0.1) is 18.6 Å². The van der Waals surface area contributed by atoms with Gasteiger partial charge in [0, 0.05) is 6.54 Å². The van der Waals surface area contributed by atoms with Crippen molar-refractivity contribution < 1.29 is 13.6 Å². The standard InChI is InChI=1S/C11H14F2N2O/c1-3-6-14-11(16)15-10-8(12)5-4-7(2)9(10)13/h4-5H,3,6H2,1-2H3,(H2,14,15,16). The molecule has 0 saturated carbocycles. The molecule has 2 amide bonds. The van der Waals surface area contributed by atoms with Gasteiger partial charge in [-0.05, 0) is 25.0 Å². The molecule has 0 fully saturated rings. The molecule has 1 aromatic rings. The van der Waals surface area contributed by atoms with Crippen LogP contribution in [0.2, 0.25) is 0 Å². The Kier molecular flexibility index (Phi) is 4.22. The fourth-order valence-electron chi connectivity index (χ4n) is 1.17. The molecule has 0 spiro atoms. The molecule has 1 rings (SSSR count). The first kappa shape index (κ1) is 12.4. The molecule has 0 atom stereocenters. The van der Waals surface area contributed by atoms with E-state index >= 15 is 0 Å². The van der Waals surface area contributed by atoms with Gasteiger partial charge in [-0.1, -0.05) is 13.0 Å². The molecule has 0 aliphatic rings. The number of hydrogen-bond donors (Lipinski definition) is 2. The average molecular weight is 228 g/mol. The largest absolute Gasteiger partial charge is 0.338 e. The van der Waals surface area contributed by atoms with Gasteiger partial charge in [-0.2, -0.15) is 0 Å². The lowest BCUT2D eigenvalue weighted by Crippen LogP contribution is -2.30. The number of hydrogen-bond acceptors (Lipinski definition) is 1. The second kappa shape index (κ2) is 5.44. The number of halogens is 2. The Labute approximate surface area is 92.8 Å². The molecule has 88 valence electrons. The highest BCUT2D eigenvalue weighted by atomic mass is 19.1. The normalized spacial score (nSPS) is 10.0. The summed E-state index contributed by atoms with van der Waals surface area (Å²) in [6, 6.07) is 1.83.